The molecule has 109 heavy (non-hydrogen) atoms. The van der Waals surface area contributed by atoms with Crippen LogP contribution in [0.4, 0.5) is 0 Å². The Kier molecular flexibility index (Phi) is 30.9. The summed E-state index contributed by atoms with van der Waals surface area (Å²) in [5.41, 5.74) is 3.68. The van der Waals surface area contributed by atoms with Crippen LogP contribution in [0.25, 0.3) is 33.5 Å². The molecule has 10 rings (SSSR count). The van der Waals surface area contributed by atoms with Crippen molar-refractivity contribution in [2.24, 2.45) is 11.8 Å². The van der Waals surface area contributed by atoms with Gasteiger partial charge in [0.25, 0.3) is 0 Å². The maximum Gasteiger partial charge on any atom is 0.343 e. The maximum atomic E-state index is 13.8. The summed E-state index contributed by atoms with van der Waals surface area (Å²) < 4.78 is 73.7. The third-order valence-corrected chi connectivity index (χ3v) is 18.1. The zero-order valence-corrected chi connectivity index (χ0v) is 61.1. The predicted octanol–water partition coefficient (Wildman–Crippen LogP) is 15.8. The van der Waals surface area contributed by atoms with E-state index in [9.17, 15) is 38.4 Å². The molecule has 0 bridgehead atoms. The standard InChI is InChI=1S/C86H90N2O21/c1-4-77(89)102-49-13-9-7-11-47-99-66-37-41-70(42-38-66)106-83(93)62-29-33-68(34-30-62)104-81(91)58-21-25-60(26-22-58)85(95)108-73-19-15-17-64(55-73)79-80(88-76-57-72(45-46-75(76)87-79)101-54-53-98-52-51-97-6-3)65-18-16-20-74(56-65)109-86(96)61-27-23-59(24-28-61)82(92)105-69-35-31-63(32-36-69)84(94)107-71-43-39-67(40-44-71)100-48-12-8-10-14-50-103-78(90)5-2/h4-5,15-28,37-46,55-57,62-63,68-69H,1-2,6-14,29-36,47-54H2,3H3. The second-order valence-electron chi connectivity index (χ2n) is 26.0. The van der Waals surface area contributed by atoms with Crippen LogP contribution in [0.5, 0.6) is 40.2 Å². The molecule has 23 heteroatoms. The molecule has 0 N–H and O–H groups in total. The van der Waals surface area contributed by atoms with Crippen LogP contribution >= 0.6 is 0 Å². The summed E-state index contributed by atoms with van der Waals surface area (Å²) >= 11 is 0. The number of aromatic nitrogens is 2. The highest BCUT2D eigenvalue weighted by molar-refractivity contribution is 5.96. The summed E-state index contributed by atoms with van der Waals surface area (Å²) in [6.45, 7) is 12.6. The van der Waals surface area contributed by atoms with E-state index < -0.39 is 48.0 Å². The Morgan fingerprint density at radius 2 is 0.734 bits per heavy atom. The van der Waals surface area contributed by atoms with Crippen molar-refractivity contribution in [1.82, 2.24) is 9.97 Å². The quantitative estimate of drug-likeness (QED) is 0.0113. The second-order valence-corrected chi connectivity index (χ2v) is 26.0. The summed E-state index contributed by atoms with van der Waals surface area (Å²) in [5.74, 6) is -1.77. The highest BCUT2D eigenvalue weighted by atomic mass is 16.6. The lowest BCUT2D eigenvalue weighted by molar-refractivity contribution is -0.141. The van der Waals surface area contributed by atoms with Crippen molar-refractivity contribution in [2.75, 3.05) is 59.5 Å². The van der Waals surface area contributed by atoms with Crippen LogP contribution in [-0.2, 0) is 47.6 Å². The summed E-state index contributed by atoms with van der Waals surface area (Å²) in [4.78, 5) is 113. The van der Waals surface area contributed by atoms with Crippen LogP contribution in [0.1, 0.15) is 151 Å². The third kappa shape index (κ3) is 25.3. The molecule has 0 atom stereocenters. The minimum atomic E-state index is -0.694. The molecule has 2 fully saturated rings. The summed E-state index contributed by atoms with van der Waals surface area (Å²) in [5, 5.41) is 0. The molecule has 570 valence electrons. The average Bonchev–Trinajstić information content (AvgIpc) is 0.772. The minimum Gasteiger partial charge on any atom is -0.494 e. The first kappa shape index (κ1) is 80.0. The second kappa shape index (κ2) is 42.1. The number of nitrogens with zero attached hydrogens (tertiary/aromatic N) is 2. The minimum absolute atomic E-state index is 0.170. The van der Waals surface area contributed by atoms with Crippen molar-refractivity contribution in [3.05, 3.63) is 211 Å². The summed E-state index contributed by atoms with van der Waals surface area (Å²) in [6.07, 6.45) is 12.1. The Balaban J connectivity index is 0.703. The van der Waals surface area contributed by atoms with Crippen molar-refractivity contribution >= 4 is 58.8 Å². The number of rotatable bonds is 40. The predicted molar refractivity (Wildman–Crippen MR) is 403 cm³/mol. The van der Waals surface area contributed by atoms with E-state index in [0.29, 0.717) is 167 Å². The van der Waals surface area contributed by atoms with Crippen LogP contribution in [-0.4, -0.2) is 129 Å². The summed E-state index contributed by atoms with van der Waals surface area (Å²) in [6, 6.07) is 44.6. The number of hydrogen-bond acceptors (Lipinski definition) is 23. The first-order chi connectivity index (χ1) is 53.2. The topological polar surface area (TPSA) is 282 Å². The van der Waals surface area contributed by atoms with Gasteiger partial charge in [-0.15, -0.1) is 0 Å². The molecule has 8 aromatic rings. The van der Waals surface area contributed by atoms with Gasteiger partial charge in [0.1, 0.15) is 59.1 Å². The number of carbonyl (C=O) groups excluding carboxylic acids is 8. The Labute approximate surface area is 633 Å². The van der Waals surface area contributed by atoms with Gasteiger partial charge in [-0.3, -0.25) is 9.59 Å². The molecule has 0 amide bonds. The van der Waals surface area contributed by atoms with Crippen LogP contribution in [0.3, 0.4) is 0 Å². The van der Waals surface area contributed by atoms with Gasteiger partial charge in [-0.1, -0.05) is 37.4 Å². The van der Waals surface area contributed by atoms with Gasteiger partial charge in [-0.25, -0.2) is 38.7 Å². The highest BCUT2D eigenvalue weighted by Gasteiger charge is 2.32. The zero-order valence-electron chi connectivity index (χ0n) is 61.1. The number of carbonyl (C=O) groups is 8. The van der Waals surface area contributed by atoms with Crippen molar-refractivity contribution in [3.63, 3.8) is 0 Å². The molecule has 23 nitrogen and oxygen atoms in total. The molecular formula is C86H90N2O21. The van der Waals surface area contributed by atoms with Crippen LogP contribution in [0, 0.1) is 11.8 Å². The Bertz CT molecular complexity index is 4370. The van der Waals surface area contributed by atoms with Gasteiger partial charge in [0.05, 0.1) is 103 Å². The fourth-order valence-electron chi connectivity index (χ4n) is 12.2. The summed E-state index contributed by atoms with van der Waals surface area (Å²) in [7, 11) is 0. The van der Waals surface area contributed by atoms with E-state index in [4.69, 9.17) is 71.5 Å². The van der Waals surface area contributed by atoms with Crippen LogP contribution in [0.2, 0.25) is 0 Å². The first-order valence-electron chi connectivity index (χ1n) is 37.0. The van der Waals surface area contributed by atoms with Gasteiger partial charge < -0.3 is 61.6 Å². The SMILES string of the molecule is C=CC(=O)OCCCCCCOc1ccc(OC(=O)C2CCC(OC(=O)c3ccc(C(=O)Oc4cccc(-c5nc6ccc(OCCOCCOCC)cc6nc5-c5cccc(OC(=O)c6ccc(C(=O)OC7CCC(C(=O)Oc8ccc(OCCCCCCOC(=O)C=C)cc8)CC7)cc6)c5)c4)cc3)CC2)cc1. The number of esters is 8. The fourth-order valence-corrected chi connectivity index (χ4v) is 12.2. The molecule has 2 aliphatic carbocycles. The monoisotopic (exact) mass is 1490 g/mol. The van der Waals surface area contributed by atoms with Gasteiger partial charge in [0, 0.05) is 36.0 Å². The Morgan fingerprint density at radius 1 is 0.358 bits per heavy atom. The van der Waals surface area contributed by atoms with E-state index in [1.54, 1.807) is 115 Å². The van der Waals surface area contributed by atoms with E-state index in [0.717, 1.165) is 63.5 Å². The van der Waals surface area contributed by atoms with Crippen molar-refractivity contribution < 1.29 is 99.9 Å². The molecule has 0 spiro atoms. The zero-order chi connectivity index (χ0) is 76.5. The lowest BCUT2D eigenvalue weighted by Crippen LogP contribution is -2.30. The molecule has 0 saturated heterocycles. The first-order valence-corrected chi connectivity index (χ1v) is 37.0. The molecule has 1 aromatic heterocycles. The van der Waals surface area contributed by atoms with Crippen molar-refractivity contribution in [2.45, 2.75) is 122 Å². The van der Waals surface area contributed by atoms with E-state index >= 15 is 0 Å². The highest BCUT2D eigenvalue weighted by Crippen LogP contribution is 2.37. The number of ether oxygens (including phenoxy) is 13. The molecule has 0 aliphatic heterocycles. The third-order valence-electron chi connectivity index (χ3n) is 18.1. The van der Waals surface area contributed by atoms with Crippen LogP contribution < -0.4 is 33.2 Å². The molecule has 2 saturated carbocycles. The molecule has 7 aromatic carbocycles. The Hall–Kier alpha value is -11.6. The average molecular weight is 1490 g/mol. The van der Waals surface area contributed by atoms with Crippen molar-refractivity contribution in [3.8, 4) is 62.8 Å². The molecule has 0 unspecified atom stereocenters. The fraction of sp³-hybridized carbons (Fsp3) is 0.349. The number of fused-ring (bicyclic) bond motifs is 1. The molecular weight excluding hydrogens is 1400 g/mol. The van der Waals surface area contributed by atoms with E-state index in [-0.39, 0.29) is 64.1 Å². The molecule has 2 aliphatic rings. The van der Waals surface area contributed by atoms with Crippen LogP contribution in [0.15, 0.2) is 189 Å². The van der Waals surface area contributed by atoms with Gasteiger partial charge in [-0.2, -0.15) is 0 Å². The molecule has 1 heterocycles. The maximum absolute atomic E-state index is 13.8. The molecule has 0 radical (unpaired) electrons. The lowest BCUT2D eigenvalue weighted by Gasteiger charge is -2.27. The Morgan fingerprint density at radius 3 is 1.17 bits per heavy atom. The van der Waals surface area contributed by atoms with Gasteiger partial charge in [0.2, 0.25) is 0 Å². The van der Waals surface area contributed by atoms with E-state index in [1.165, 1.54) is 48.5 Å². The normalized spacial score (nSPS) is 15.2. The van der Waals surface area contributed by atoms with E-state index in [2.05, 4.69) is 13.2 Å². The number of benzene rings is 7. The smallest absolute Gasteiger partial charge is 0.343 e. The van der Waals surface area contributed by atoms with E-state index in [1.807, 2.05) is 6.92 Å². The lowest BCUT2D eigenvalue weighted by atomic mass is 9.87. The largest absolute Gasteiger partial charge is 0.494 e. The van der Waals surface area contributed by atoms with Crippen molar-refractivity contribution in [1.29, 1.82) is 0 Å². The van der Waals surface area contributed by atoms with Gasteiger partial charge >= 0.3 is 47.8 Å². The van der Waals surface area contributed by atoms with Gasteiger partial charge in [0.15, 0.2) is 0 Å². The van der Waals surface area contributed by atoms with Gasteiger partial charge in [-0.05, 0) is 243 Å². The number of hydrogen-bond donors (Lipinski definition) is 0. The number of unbranched alkanes of at least 4 members (excludes halogenated alkanes) is 6.